The minimum atomic E-state index is -0.137. The summed E-state index contributed by atoms with van der Waals surface area (Å²) in [6, 6.07) is 5.15. The molecule has 0 radical (unpaired) electrons. The zero-order chi connectivity index (χ0) is 12.7. The first-order chi connectivity index (χ1) is 8.15. The Labute approximate surface area is 112 Å². The summed E-state index contributed by atoms with van der Waals surface area (Å²) in [7, 11) is 0. The Morgan fingerprint density at radius 2 is 2.06 bits per heavy atom. The van der Waals surface area contributed by atoms with Crippen LogP contribution in [0.1, 0.15) is 51.1 Å². The van der Waals surface area contributed by atoms with E-state index in [4.69, 9.17) is 0 Å². The smallest absolute Gasteiger partial charge is 0.128 e. The standard InChI is InChI=1S/C14H21BrFN/c1-3-4-5-6-9-17-11(2)13-10-12(15)7-8-14(13)16/h7-8,10-11,17H,3-6,9H2,1-2H3. The van der Waals surface area contributed by atoms with Crippen molar-refractivity contribution in [3.63, 3.8) is 0 Å². The van der Waals surface area contributed by atoms with Crippen molar-refractivity contribution in [2.75, 3.05) is 6.54 Å². The summed E-state index contributed by atoms with van der Waals surface area (Å²) in [5, 5.41) is 3.37. The van der Waals surface area contributed by atoms with Gasteiger partial charge in [-0.05, 0) is 38.1 Å². The van der Waals surface area contributed by atoms with Gasteiger partial charge in [-0.1, -0.05) is 42.1 Å². The molecule has 0 aliphatic carbocycles. The maximum absolute atomic E-state index is 13.6. The van der Waals surface area contributed by atoms with E-state index in [0.717, 1.165) is 23.0 Å². The second-order valence-electron chi connectivity index (χ2n) is 4.40. The number of unbranched alkanes of at least 4 members (excludes halogenated alkanes) is 3. The van der Waals surface area contributed by atoms with Crippen LogP contribution in [0.5, 0.6) is 0 Å². The molecule has 0 bridgehead atoms. The zero-order valence-corrected chi connectivity index (χ0v) is 12.2. The molecule has 1 unspecified atom stereocenters. The van der Waals surface area contributed by atoms with E-state index < -0.39 is 0 Å². The number of benzene rings is 1. The van der Waals surface area contributed by atoms with Crippen LogP contribution in [0.15, 0.2) is 22.7 Å². The quantitative estimate of drug-likeness (QED) is 0.712. The lowest BCUT2D eigenvalue weighted by Crippen LogP contribution is -2.20. The van der Waals surface area contributed by atoms with E-state index in [-0.39, 0.29) is 11.9 Å². The first-order valence-corrected chi connectivity index (χ1v) is 7.12. The highest BCUT2D eigenvalue weighted by Gasteiger charge is 2.10. The molecule has 0 fully saturated rings. The fourth-order valence-electron chi connectivity index (χ4n) is 1.83. The fourth-order valence-corrected chi connectivity index (χ4v) is 2.21. The topological polar surface area (TPSA) is 12.0 Å². The van der Waals surface area contributed by atoms with Gasteiger partial charge < -0.3 is 5.32 Å². The molecule has 0 amide bonds. The monoisotopic (exact) mass is 301 g/mol. The molecule has 1 aromatic carbocycles. The van der Waals surface area contributed by atoms with Crippen LogP contribution in [0.25, 0.3) is 0 Å². The zero-order valence-electron chi connectivity index (χ0n) is 10.6. The molecule has 0 saturated heterocycles. The normalized spacial score (nSPS) is 12.7. The third kappa shape index (κ3) is 5.17. The van der Waals surface area contributed by atoms with Crippen LogP contribution in [-0.2, 0) is 0 Å². The molecule has 17 heavy (non-hydrogen) atoms. The lowest BCUT2D eigenvalue weighted by atomic mass is 10.1. The molecule has 3 heteroatoms. The lowest BCUT2D eigenvalue weighted by Gasteiger charge is -2.15. The minimum absolute atomic E-state index is 0.0640. The highest BCUT2D eigenvalue weighted by Crippen LogP contribution is 2.21. The maximum atomic E-state index is 13.6. The lowest BCUT2D eigenvalue weighted by molar-refractivity contribution is 0.509. The van der Waals surface area contributed by atoms with Crippen molar-refractivity contribution < 1.29 is 4.39 Å². The summed E-state index contributed by atoms with van der Waals surface area (Å²) in [6.07, 6.45) is 4.93. The number of hydrogen-bond donors (Lipinski definition) is 1. The molecule has 1 atom stereocenters. The van der Waals surface area contributed by atoms with Crippen LogP contribution in [-0.4, -0.2) is 6.54 Å². The molecule has 1 nitrogen and oxygen atoms in total. The number of hydrogen-bond acceptors (Lipinski definition) is 1. The Morgan fingerprint density at radius 1 is 1.29 bits per heavy atom. The van der Waals surface area contributed by atoms with E-state index in [0.29, 0.717) is 0 Å². The van der Waals surface area contributed by atoms with Crippen molar-refractivity contribution in [2.45, 2.75) is 45.6 Å². The summed E-state index contributed by atoms with van der Waals surface area (Å²) in [6.45, 7) is 5.16. The number of halogens is 2. The van der Waals surface area contributed by atoms with Gasteiger partial charge >= 0.3 is 0 Å². The van der Waals surface area contributed by atoms with Gasteiger partial charge in [-0.2, -0.15) is 0 Å². The molecule has 0 saturated carbocycles. The van der Waals surface area contributed by atoms with Gasteiger partial charge in [0.25, 0.3) is 0 Å². The molecule has 96 valence electrons. The summed E-state index contributed by atoms with van der Waals surface area (Å²) in [5.41, 5.74) is 0.731. The average Bonchev–Trinajstić information content (AvgIpc) is 2.32. The van der Waals surface area contributed by atoms with Crippen molar-refractivity contribution in [1.82, 2.24) is 5.32 Å². The molecule has 0 aliphatic heterocycles. The van der Waals surface area contributed by atoms with Crippen LogP contribution in [0, 0.1) is 5.82 Å². The predicted octanol–water partition coefficient (Wildman–Crippen LogP) is 4.82. The molecule has 1 rings (SSSR count). The third-order valence-electron chi connectivity index (χ3n) is 2.91. The Bertz CT molecular complexity index is 341. The second-order valence-corrected chi connectivity index (χ2v) is 5.32. The summed E-state index contributed by atoms with van der Waals surface area (Å²) in [5.74, 6) is -0.137. The average molecular weight is 302 g/mol. The van der Waals surface area contributed by atoms with Gasteiger partial charge in [-0.3, -0.25) is 0 Å². The Morgan fingerprint density at radius 3 is 2.76 bits per heavy atom. The van der Waals surface area contributed by atoms with E-state index in [1.807, 2.05) is 13.0 Å². The highest BCUT2D eigenvalue weighted by atomic mass is 79.9. The Hall–Kier alpha value is -0.410. The van der Waals surface area contributed by atoms with Gasteiger partial charge in [0.15, 0.2) is 0 Å². The van der Waals surface area contributed by atoms with Crippen molar-refractivity contribution in [3.8, 4) is 0 Å². The van der Waals surface area contributed by atoms with Crippen LogP contribution in [0.2, 0.25) is 0 Å². The second kappa shape index (κ2) is 7.83. The minimum Gasteiger partial charge on any atom is -0.310 e. The van der Waals surface area contributed by atoms with Crippen LogP contribution < -0.4 is 5.32 Å². The van der Waals surface area contributed by atoms with E-state index in [1.54, 1.807) is 6.07 Å². The van der Waals surface area contributed by atoms with Crippen molar-refractivity contribution >= 4 is 15.9 Å². The van der Waals surface area contributed by atoms with Crippen LogP contribution in [0.3, 0.4) is 0 Å². The van der Waals surface area contributed by atoms with Gasteiger partial charge in [0.05, 0.1) is 0 Å². The molecule has 1 N–H and O–H groups in total. The molecule has 0 aliphatic rings. The largest absolute Gasteiger partial charge is 0.310 e. The van der Waals surface area contributed by atoms with Crippen molar-refractivity contribution in [1.29, 1.82) is 0 Å². The van der Waals surface area contributed by atoms with Crippen molar-refractivity contribution in [3.05, 3.63) is 34.1 Å². The van der Waals surface area contributed by atoms with Gasteiger partial charge in [0, 0.05) is 16.1 Å². The van der Waals surface area contributed by atoms with Crippen molar-refractivity contribution in [2.24, 2.45) is 0 Å². The summed E-state index contributed by atoms with van der Waals surface area (Å²) >= 11 is 3.37. The fraction of sp³-hybridized carbons (Fsp3) is 0.571. The highest BCUT2D eigenvalue weighted by molar-refractivity contribution is 9.10. The van der Waals surface area contributed by atoms with Gasteiger partial charge in [0.2, 0.25) is 0 Å². The number of nitrogens with one attached hydrogen (secondary N) is 1. The predicted molar refractivity (Wildman–Crippen MR) is 74.7 cm³/mol. The maximum Gasteiger partial charge on any atom is 0.128 e. The van der Waals surface area contributed by atoms with Crippen LogP contribution in [0.4, 0.5) is 4.39 Å². The van der Waals surface area contributed by atoms with Gasteiger partial charge in [-0.15, -0.1) is 0 Å². The van der Waals surface area contributed by atoms with E-state index in [2.05, 4.69) is 28.2 Å². The first kappa shape index (κ1) is 14.7. The summed E-state index contributed by atoms with van der Waals surface area (Å²) in [4.78, 5) is 0. The third-order valence-corrected chi connectivity index (χ3v) is 3.40. The van der Waals surface area contributed by atoms with E-state index in [1.165, 1.54) is 25.3 Å². The number of rotatable bonds is 7. The first-order valence-electron chi connectivity index (χ1n) is 6.33. The SMILES string of the molecule is CCCCCCNC(C)c1cc(Br)ccc1F. The van der Waals surface area contributed by atoms with Gasteiger partial charge in [-0.25, -0.2) is 4.39 Å². The molecule has 0 heterocycles. The molecular formula is C14H21BrFN. The van der Waals surface area contributed by atoms with Crippen LogP contribution >= 0.6 is 15.9 Å². The molecule has 0 aromatic heterocycles. The van der Waals surface area contributed by atoms with E-state index >= 15 is 0 Å². The van der Waals surface area contributed by atoms with Gasteiger partial charge in [0.1, 0.15) is 5.82 Å². The van der Waals surface area contributed by atoms with E-state index in [9.17, 15) is 4.39 Å². The Balaban J connectivity index is 2.41. The Kier molecular flexibility index (Phi) is 6.75. The molecule has 1 aromatic rings. The summed E-state index contributed by atoms with van der Waals surface area (Å²) < 4.78 is 14.5. The molecular weight excluding hydrogens is 281 g/mol. The molecule has 0 spiro atoms.